The minimum Gasteiger partial charge on any atom is -0.488 e. The number of hydrogen-bond donors (Lipinski definition) is 1. The molecule has 0 aliphatic heterocycles. The number of hydrogen-bond acceptors (Lipinski definition) is 3. The van der Waals surface area contributed by atoms with Crippen LogP contribution in [0.4, 0.5) is 0 Å². The molecular formula is C25H26O3S. The highest BCUT2D eigenvalue weighted by molar-refractivity contribution is 7.16. The molecule has 150 valence electrons. The topological polar surface area (TPSA) is 46.5 Å². The number of ether oxygens (including phenoxy) is 1. The summed E-state index contributed by atoms with van der Waals surface area (Å²) in [6, 6.07) is 16.0. The number of carbonyl (C=O) groups is 1. The largest absolute Gasteiger partial charge is 0.488 e. The Labute approximate surface area is 176 Å². The van der Waals surface area contributed by atoms with Gasteiger partial charge in [-0.2, -0.15) is 0 Å². The van der Waals surface area contributed by atoms with E-state index in [2.05, 4.69) is 45.0 Å². The molecule has 0 unspecified atom stereocenters. The van der Waals surface area contributed by atoms with Gasteiger partial charge in [-0.25, -0.2) is 4.79 Å². The van der Waals surface area contributed by atoms with Gasteiger partial charge in [0.15, 0.2) is 0 Å². The molecule has 0 atom stereocenters. The Bertz CT molecular complexity index is 1040. The number of benzene rings is 2. The highest BCUT2D eigenvalue weighted by Crippen LogP contribution is 2.47. The third-order valence-corrected chi connectivity index (χ3v) is 6.96. The van der Waals surface area contributed by atoms with Gasteiger partial charge >= 0.3 is 5.97 Å². The molecule has 0 amide bonds. The first-order chi connectivity index (χ1) is 13.8. The second-order valence-corrected chi connectivity index (χ2v) is 9.73. The molecule has 4 heteroatoms. The molecule has 1 N–H and O–H groups in total. The fourth-order valence-electron chi connectivity index (χ4n) is 3.96. The summed E-state index contributed by atoms with van der Waals surface area (Å²) >= 11 is 1.62. The predicted molar refractivity (Wildman–Crippen MR) is 118 cm³/mol. The van der Waals surface area contributed by atoms with Crippen molar-refractivity contribution in [3.63, 3.8) is 0 Å². The van der Waals surface area contributed by atoms with Gasteiger partial charge in [-0.05, 0) is 54.9 Å². The monoisotopic (exact) mass is 406 g/mol. The van der Waals surface area contributed by atoms with Crippen molar-refractivity contribution in [2.24, 2.45) is 5.41 Å². The van der Waals surface area contributed by atoms with Gasteiger partial charge < -0.3 is 9.84 Å². The Morgan fingerprint density at radius 2 is 1.86 bits per heavy atom. The normalized spacial score (nSPS) is 15.0. The lowest BCUT2D eigenvalue weighted by Crippen LogP contribution is -2.22. The fraction of sp³-hybridized carbons (Fsp3) is 0.320. The smallest absolute Gasteiger partial charge is 0.337 e. The first kappa shape index (κ1) is 19.7. The molecule has 1 aliphatic rings. The van der Waals surface area contributed by atoms with Crippen LogP contribution in [0.1, 0.15) is 52.2 Å². The van der Waals surface area contributed by atoms with Crippen LogP contribution in [0.2, 0.25) is 0 Å². The van der Waals surface area contributed by atoms with Crippen LogP contribution in [-0.2, 0) is 19.4 Å². The third-order valence-electron chi connectivity index (χ3n) is 5.64. The second kappa shape index (κ2) is 7.68. The highest BCUT2D eigenvalue weighted by atomic mass is 32.1. The minimum atomic E-state index is -0.844. The van der Waals surface area contributed by atoms with Gasteiger partial charge in [0.1, 0.15) is 12.4 Å². The van der Waals surface area contributed by atoms with Gasteiger partial charge in [-0.3, -0.25) is 0 Å². The fourth-order valence-corrected chi connectivity index (χ4v) is 5.30. The SMILES string of the molecule is Cc1ccc(COc2ccccc2-c2sc3c(c2C(=O)O)CC(C)(C)CC3)cc1. The van der Waals surface area contributed by atoms with Crippen LogP contribution < -0.4 is 4.74 Å². The van der Waals surface area contributed by atoms with Gasteiger partial charge in [-0.15, -0.1) is 11.3 Å². The number of aromatic carboxylic acids is 1. The zero-order valence-corrected chi connectivity index (χ0v) is 17.9. The lowest BCUT2D eigenvalue weighted by molar-refractivity contribution is 0.0696. The molecule has 0 radical (unpaired) electrons. The van der Waals surface area contributed by atoms with Crippen LogP contribution in [0.15, 0.2) is 48.5 Å². The van der Waals surface area contributed by atoms with Crippen molar-refractivity contribution >= 4 is 17.3 Å². The number of rotatable bonds is 5. The van der Waals surface area contributed by atoms with E-state index < -0.39 is 5.97 Å². The van der Waals surface area contributed by atoms with E-state index in [1.807, 2.05) is 24.3 Å². The van der Waals surface area contributed by atoms with Crippen molar-refractivity contribution in [2.45, 2.75) is 46.6 Å². The number of carboxylic acids is 1. The molecular weight excluding hydrogens is 380 g/mol. The van der Waals surface area contributed by atoms with Crippen LogP contribution in [0.25, 0.3) is 10.4 Å². The summed E-state index contributed by atoms with van der Waals surface area (Å²) in [6.07, 6.45) is 2.84. The molecule has 0 saturated heterocycles. The Morgan fingerprint density at radius 1 is 1.14 bits per heavy atom. The number of carboxylic acid groups (broad SMARTS) is 1. The maximum atomic E-state index is 12.2. The van der Waals surface area contributed by atoms with Gasteiger partial charge in [0.25, 0.3) is 0 Å². The van der Waals surface area contributed by atoms with Crippen LogP contribution in [0, 0.1) is 12.3 Å². The zero-order chi connectivity index (χ0) is 20.6. The number of fused-ring (bicyclic) bond motifs is 1. The summed E-state index contributed by atoms with van der Waals surface area (Å²) in [7, 11) is 0. The van der Waals surface area contributed by atoms with Gasteiger partial charge in [-0.1, -0.05) is 55.8 Å². The van der Waals surface area contributed by atoms with Crippen LogP contribution in [0.3, 0.4) is 0 Å². The lowest BCUT2D eigenvalue weighted by Gasteiger charge is -2.29. The number of thiophene rings is 1. The zero-order valence-electron chi connectivity index (χ0n) is 17.1. The van der Waals surface area contributed by atoms with Crippen LogP contribution in [0.5, 0.6) is 5.75 Å². The molecule has 0 saturated carbocycles. The van der Waals surface area contributed by atoms with E-state index in [-0.39, 0.29) is 5.41 Å². The summed E-state index contributed by atoms with van der Waals surface area (Å²) in [5.74, 6) is -0.114. The van der Waals surface area contributed by atoms with E-state index >= 15 is 0 Å². The molecule has 1 aromatic heterocycles. The van der Waals surface area contributed by atoms with Crippen LogP contribution in [-0.4, -0.2) is 11.1 Å². The lowest BCUT2D eigenvalue weighted by atomic mass is 9.76. The van der Waals surface area contributed by atoms with Crippen molar-refractivity contribution in [3.05, 3.63) is 75.7 Å². The molecule has 4 rings (SSSR count). The van der Waals surface area contributed by atoms with E-state index in [9.17, 15) is 9.90 Å². The quantitative estimate of drug-likeness (QED) is 0.525. The first-order valence-corrected chi connectivity index (χ1v) is 10.8. The molecule has 1 aliphatic carbocycles. The number of aryl methyl sites for hydroxylation is 2. The van der Waals surface area contributed by atoms with Crippen molar-refractivity contribution < 1.29 is 14.6 Å². The van der Waals surface area contributed by atoms with E-state index in [4.69, 9.17) is 4.74 Å². The molecule has 0 fully saturated rings. The third kappa shape index (κ3) is 4.08. The van der Waals surface area contributed by atoms with Gasteiger partial charge in [0.2, 0.25) is 0 Å². The standard InChI is InChI=1S/C25H26O3S/c1-16-8-10-17(11-9-16)15-28-20-7-5-4-6-18(20)23-22(24(26)27)19-14-25(2,3)13-12-21(19)29-23/h4-11H,12-15H2,1-3H3,(H,26,27). The Kier molecular flexibility index (Phi) is 5.22. The van der Waals surface area contributed by atoms with Crippen molar-refractivity contribution in [2.75, 3.05) is 0 Å². The summed E-state index contributed by atoms with van der Waals surface area (Å²) in [5.41, 5.74) is 4.79. The number of para-hydroxylation sites is 1. The Balaban J connectivity index is 1.71. The van der Waals surface area contributed by atoms with E-state index in [0.717, 1.165) is 46.6 Å². The Hall–Kier alpha value is -2.59. The molecule has 29 heavy (non-hydrogen) atoms. The molecule has 2 aromatic carbocycles. The highest BCUT2D eigenvalue weighted by Gasteiger charge is 2.33. The summed E-state index contributed by atoms with van der Waals surface area (Å²) < 4.78 is 6.14. The maximum Gasteiger partial charge on any atom is 0.337 e. The molecule has 0 bridgehead atoms. The average Bonchev–Trinajstić information content (AvgIpc) is 3.05. The van der Waals surface area contributed by atoms with Crippen LogP contribution >= 0.6 is 11.3 Å². The van der Waals surface area contributed by atoms with E-state index in [0.29, 0.717) is 12.2 Å². The molecule has 0 spiro atoms. The molecule has 1 heterocycles. The van der Waals surface area contributed by atoms with Gasteiger partial charge in [0.05, 0.1) is 10.4 Å². The molecule has 3 aromatic rings. The van der Waals surface area contributed by atoms with Crippen molar-refractivity contribution in [3.8, 4) is 16.2 Å². The average molecular weight is 407 g/mol. The molecule has 3 nitrogen and oxygen atoms in total. The van der Waals surface area contributed by atoms with Crippen molar-refractivity contribution in [1.82, 2.24) is 0 Å². The minimum absolute atomic E-state index is 0.136. The van der Waals surface area contributed by atoms with E-state index in [1.54, 1.807) is 11.3 Å². The van der Waals surface area contributed by atoms with Crippen molar-refractivity contribution in [1.29, 1.82) is 0 Å². The predicted octanol–water partition coefficient (Wildman–Crippen LogP) is 6.52. The summed E-state index contributed by atoms with van der Waals surface area (Å²) in [4.78, 5) is 14.3. The summed E-state index contributed by atoms with van der Waals surface area (Å²) in [6.45, 7) is 6.96. The summed E-state index contributed by atoms with van der Waals surface area (Å²) in [5, 5.41) is 10.0. The second-order valence-electron chi connectivity index (χ2n) is 8.62. The van der Waals surface area contributed by atoms with Gasteiger partial charge in [0, 0.05) is 10.4 Å². The van der Waals surface area contributed by atoms with E-state index in [1.165, 1.54) is 10.4 Å². The maximum absolute atomic E-state index is 12.2. The Morgan fingerprint density at radius 3 is 2.59 bits per heavy atom. The first-order valence-electron chi connectivity index (χ1n) is 10.00.